The van der Waals surface area contributed by atoms with Crippen LogP contribution in [-0.4, -0.2) is 6.34 Å². The SMILES string of the molecule is CC(C=CN=CN)C(C)(C)C. The van der Waals surface area contributed by atoms with E-state index >= 15 is 0 Å². The number of allylic oxidation sites excluding steroid dienone is 1. The van der Waals surface area contributed by atoms with Gasteiger partial charge in [0.05, 0.1) is 6.34 Å². The highest BCUT2D eigenvalue weighted by atomic mass is 14.8. The van der Waals surface area contributed by atoms with Crippen molar-refractivity contribution in [3.63, 3.8) is 0 Å². The zero-order chi connectivity index (χ0) is 8.91. The number of hydrogen-bond donors (Lipinski definition) is 1. The molecule has 0 rings (SSSR count). The first kappa shape index (κ1) is 10.2. The minimum Gasteiger partial charge on any atom is -0.390 e. The van der Waals surface area contributed by atoms with E-state index < -0.39 is 0 Å². The van der Waals surface area contributed by atoms with E-state index in [9.17, 15) is 0 Å². The lowest BCUT2D eigenvalue weighted by Gasteiger charge is -2.23. The monoisotopic (exact) mass is 154 g/mol. The molecule has 2 nitrogen and oxygen atoms in total. The summed E-state index contributed by atoms with van der Waals surface area (Å²) in [7, 11) is 0. The molecule has 0 heterocycles. The number of nitrogens with zero attached hydrogens (tertiary/aromatic N) is 1. The maximum Gasteiger partial charge on any atom is 0.0852 e. The van der Waals surface area contributed by atoms with Crippen molar-refractivity contribution in [1.82, 2.24) is 0 Å². The third kappa shape index (κ3) is 4.59. The molecular formula is C9H18N2. The van der Waals surface area contributed by atoms with Crippen LogP contribution < -0.4 is 5.73 Å². The van der Waals surface area contributed by atoms with Gasteiger partial charge in [0.1, 0.15) is 0 Å². The lowest BCUT2D eigenvalue weighted by atomic mass is 9.82. The molecule has 0 radical (unpaired) electrons. The Bertz CT molecular complexity index is 151. The van der Waals surface area contributed by atoms with Crippen molar-refractivity contribution in [3.05, 3.63) is 12.3 Å². The van der Waals surface area contributed by atoms with Gasteiger partial charge in [-0.2, -0.15) is 0 Å². The number of nitrogens with two attached hydrogens (primary N) is 1. The molecular weight excluding hydrogens is 136 g/mol. The van der Waals surface area contributed by atoms with E-state index in [1.807, 2.05) is 0 Å². The average molecular weight is 154 g/mol. The minimum absolute atomic E-state index is 0.306. The van der Waals surface area contributed by atoms with E-state index in [4.69, 9.17) is 5.73 Å². The summed E-state index contributed by atoms with van der Waals surface area (Å²) in [5.41, 5.74) is 5.39. The molecule has 11 heavy (non-hydrogen) atoms. The Morgan fingerprint density at radius 3 is 2.27 bits per heavy atom. The number of rotatable bonds is 2. The van der Waals surface area contributed by atoms with Crippen LogP contribution >= 0.6 is 0 Å². The van der Waals surface area contributed by atoms with Crippen LogP contribution in [0, 0.1) is 11.3 Å². The van der Waals surface area contributed by atoms with E-state index in [0.717, 1.165) is 0 Å². The highest BCUT2D eigenvalue weighted by Crippen LogP contribution is 2.25. The van der Waals surface area contributed by atoms with Crippen LogP contribution in [-0.2, 0) is 0 Å². The van der Waals surface area contributed by atoms with Crippen molar-refractivity contribution in [2.75, 3.05) is 0 Å². The van der Waals surface area contributed by atoms with Crippen molar-refractivity contribution >= 4 is 6.34 Å². The molecule has 0 spiro atoms. The van der Waals surface area contributed by atoms with Gasteiger partial charge >= 0.3 is 0 Å². The first-order valence-electron chi connectivity index (χ1n) is 3.88. The third-order valence-electron chi connectivity index (χ3n) is 1.91. The summed E-state index contributed by atoms with van der Waals surface area (Å²) < 4.78 is 0. The van der Waals surface area contributed by atoms with Crippen molar-refractivity contribution in [1.29, 1.82) is 0 Å². The minimum atomic E-state index is 0.306. The fourth-order valence-electron chi connectivity index (χ4n) is 0.517. The van der Waals surface area contributed by atoms with Crippen LogP contribution in [0.25, 0.3) is 0 Å². The van der Waals surface area contributed by atoms with E-state index in [2.05, 4.69) is 38.8 Å². The molecule has 64 valence electrons. The molecule has 0 aliphatic carbocycles. The fourth-order valence-corrected chi connectivity index (χ4v) is 0.517. The molecule has 0 aliphatic heterocycles. The topological polar surface area (TPSA) is 38.4 Å². The summed E-state index contributed by atoms with van der Waals surface area (Å²) in [5, 5.41) is 0. The average Bonchev–Trinajstić information content (AvgIpc) is 1.86. The molecule has 2 N–H and O–H groups in total. The zero-order valence-electron chi connectivity index (χ0n) is 7.83. The molecule has 0 aromatic heterocycles. The van der Waals surface area contributed by atoms with Gasteiger partial charge in [-0.05, 0) is 11.3 Å². The number of aliphatic imine (C=N–C) groups is 1. The molecule has 0 amide bonds. The van der Waals surface area contributed by atoms with E-state index in [-0.39, 0.29) is 0 Å². The molecule has 0 fully saturated rings. The third-order valence-corrected chi connectivity index (χ3v) is 1.91. The molecule has 0 aliphatic rings. The van der Waals surface area contributed by atoms with E-state index in [1.54, 1.807) is 6.20 Å². The molecule has 1 unspecified atom stereocenters. The lowest BCUT2D eigenvalue weighted by Crippen LogP contribution is -2.14. The Hall–Kier alpha value is -0.790. The van der Waals surface area contributed by atoms with Crippen LogP contribution in [0.15, 0.2) is 17.3 Å². The van der Waals surface area contributed by atoms with Gasteiger partial charge < -0.3 is 5.73 Å². The van der Waals surface area contributed by atoms with Gasteiger partial charge in [0, 0.05) is 6.20 Å². The van der Waals surface area contributed by atoms with Gasteiger partial charge in [-0.15, -0.1) is 0 Å². The van der Waals surface area contributed by atoms with Crippen molar-refractivity contribution in [3.8, 4) is 0 Å². The normalized spacial score (nSPS) is 16.4. The molecule has 1 atom stereocenters. The van der Waals surface area contributed by atoms with Crippen LogP contribution in [0.3, 0.4) is 0 Å². The lowest BCUT2D eigenvalue weighted by molar-refractivity contribution is 0.314. The predicted octanol–water partition coefficient (Wildman–Crippen LogP) is 2.17. The van der Waals surface area contributed by atoms with Crippen LogP contribution in [0.4, 0.5) is 0 Å². The van der Waals surface area contributed by atoms with Crippen molar-refractivity contribution in [2.45, 2.75) is 27.7 Å². The van der Waals surface area contributed by atoms with Gasteiger partial charge in [0.25, 0.3) is 0 Å². The Morgan fingerprint density at radius 1 is 1.36 bits per heavy atom. The number of hydrogen-bond acceptors (Lipinski definition) is 1. The Labute approximate surface area is 69.2 Å². The summed E-state index contributed by atoms with van der Waals surface area (Å²) in [6, 6.07) is 0. The van der Waals surface area contributed by atoms with Gasteiger partial charge in [0.15, 0.2) is 0 Å². The van der Waals surface area contributed by atoms with Gasteiger partial charge in [-0.1, -0.05) is 33.8 Å². The second-order valence-corrected chi connectivity index (χ2v) is 3.79. The molecule has 0 bridgehead atoms. The zero-order valence-corrected chi connectivity index (χ0v) is 7.83. The molecule has 0 aromatic rings. The summed E-state index contributed by atoms with van der Waals surface area (Å²) in [5.74, 6) is 0.520. The quantitative estimate of drug-likeness (QED) is 0.480. The van der Waals surface area contributed by atoms with E-state index in [1.165, 1.54) is 6.34 Å². The van der Waals surface area contributed by atoms with Gasteiger partial charge in [-0.25, -0.2) is 4.99 Å². The molecule has 2 heteroatoms. The maximum absolute atomic E-state index is 5.08. The Balaban J connectivity index is 3.96. The van der Waals surface area contributed by atoms with Gasteiger partial charge in [-0.3, -0.25) is 0 Å². The van der Waals surface area contributed by atoms with Crippen LogP contribution in [0.1, 0.15) is 27.7 Å². The van der Waals surface area contributed by atoms with Crippen molar-refractivity contribution < 1.29 is 0 Å². The first-order chi connectivity index (χ1) is 4.98. The first-order valence-corrected chi connectivity index (χ1v) is 3.88. The molecule has 0 saturated carbocycles. The summed E-state index contributed by atoms with van der Waals surface area (Å²) in [4.78, 5) is 3.80. The smallest absolute Gasteiger partial charge is 0.0852 e. The Kier molecular flexibility index (Phi) is 3.86. The highest BCUT2D eigenvalue weighted by Gasteiger charge is 2.16. The standard InChI is InChI=1S/C9H18N2/c1-8(9(2,3)4)5-6-11-7-10/h5-8H,1-4H3,(H2,10,11). The van der Waals surface area contributed by atoms with E-state index in [0.29, 0.717) is 11.3 Å². The second-order valence-electron chi connectivity index (χ2n) is 3.79. The Morgan fingerprint density at radius 2 is 1.91 bits per heavy atom. The highest BCUT2D eigenvalue weighted by molar-refractivity contribution is 5.52. The molecule has 0 aromatic carbocycles. The molecule has 0 saturated heterocycles. The van der Waals surface area contributed by atoms with Crippen LogP contribution in [0.5, 0.6) is 0 Å². The van der Waals surface area contributed by atoms with Gasteiger partial charge in [0.2, 0.25) is 0 Å². The second kappa shape index (κ2) is 4.16. The maximum atomic E-state index is 5.08. The predicted molar refractivity (Wildman–Crippen MR) is 50.4 cm³/mol. The van der Waals surface area contributed by atoms with Crippen molar-refractivity contribution in [2.24, 2.45) is 22.1 Å². The summed E-state index contributed by atoms with van der Waals surface area (Å²) >= 11 is 0. The summed E-state index contributed by atoms with van der Waals surface area (Å²) in [6.07, 6.45) is 5.10. The fraction of sp³-hybridized carbons (Fsp3) is 0.667. The summed E-state index contributed by atoms with van der Waals surface area (Å²) in [6.45, 7) is 8.78. The largest absolute Gasteiger partial charge is 0.390 e. The van der Waals surface area contributed by atoms with Crippen LogP contribution in [0.2, 0.25) is 0 Å².